The molecule has 1 heterocycles. The number of nitrogens with zero attached hydrogens (tertiary/aromatic N) is 2. The summed E-state index contributed by atoms with van der Waals surface area (Å²) in [5, 5.41) is 0. The van der Waals surface area contributed by atoms with Gasteiger partial charge in [-0.15, -0.1) is 0 Å². The molecule has 26 heavy (non-hydrogen) atoms. The predicted octanol–water partition coefficient (Wildman–Crippen LogP) is 4.54. The Bertz CT molecular complexity index is 570. The minimum atomic E-state index is -4.45. The van der Waals surface area contributed by atoms with Crippen molar-refractivity contribution < 1.29 is 22.7 Å². The summed E-state index contributed by atoms with van der Waals surface area (Å²) in [6.07, 6.45) is -0.174. The molecular formula is C19H27F3N2O2. The fourth-order valence-corrected chi connectivity index (χ4v) is 3.07. The minimum Gasteiger partial charge on any atom is -0.445 e. The summed E-state index contributed by atoms with van der Waals surface area (Å²) in [4.78, 5) is 16.0. The second-order valence-electron chi connectivity index (χ2n) is 6.60. The average molecular weight is 372 g/mol. The first-order valence-electron chi connectivity index (χ1n) is 9.21. The van der Waals surface area contributed by atoms with Crippen LogP contribution in [0, 0.1) is 0 Å². The van der Waals surface area contributed by atoms with E-state index in [-0.39, 0.29) is 12.2 Å². The van der Waals surface area contributed by atoms with Crippen molar-refractivity contribution in [3.63, 3.8) is 0 Å². The normalized spacial score (nSPS) is 15.9. The third kappa shape index (κ3) is 6.20. The molecule has 7 heteroatoms. The molecule has 0 bridgehead atoms. The van der Waals surface area contributed by atoms with Gasteiger partial charge in [0.15, 0.2) is 0 Å². The first-order chi connectivity index (χ1) is 12.4. The van der Waals surface area contributed by atoms with E-state index in [1.165, 1.54) is 37.5 Å². The Hall–Kier alpha value is -1.76. The van der Waals surface area contributed by atoms with E-state index < -0.39 is 17.8 Å². The monoisotopic (exact) mass is 372 g/mol. The second kappa shape index (κ2) is 9.80. The van der Waals surface area contributed by atoms with Crippen molar-refractivity contribution >= 4 is 6.09 Å². The highest BCUT2D eigenvalue weighted by Crippen LogP contribution is 2.32. The maximum atomic E-state index is 13.0. The standard InChI is InChI=1S/C19H27F3N2O2/c1-2-3-4-7-10-23-11-13-24(14-12-23)18(25)26-15-16-8-5-6-9-17(16)19(20,21)22/h5-6,8-9H,2-4,7,10-15H2,1H3. The van der Waals surface area contributed by atoms with Gasteiger partial charge in [0, 0.05) is 31.7 Å². The molecule has 0 aliphatic carbocycles. The molecule has 1 amide bonds. The quantitative estimate of drug-likeness (QED) is 0.659. The van der Waals surface area contributed by atoms with E-state index in [0.717, 1.165) is 32.1 Å². The van der Waals surface area contributed by atoms with Gasteiger partial charge in [-0.2, -0.15) is 13.2 Å². The van der Waals surface area contributed by atoms with E-state index in [0.29, 0.717) is 13.1 Å². The molecule has 1 aromatic rings. The van der Waals surface area contributed by atoms with Crippen LogP contribution in [0.15, 0.2) is 24.3 Å². The zero-order valence-corrected chi connectivity index (χ0v) is 15.2. The zero-order valence-electron chi connectivity index (χ0n) is 15.2. The van der Waals surface area contributed by atoms with Gasteiger partial charge >= 0.3 is 12.3 Å². The Morgan fingerprint density at radius 1 is 1.08 bits per heavy atom. The Kier molecular flexibility index (Phi) is 7.75. The SMILES string of the molecule is CCCCCCN1CCN(C(=O)OCc2ccccc2C(F)(F)F)CC1. The van der Waals surface area contributed by atoms with Crippen molar-refractivity contribution in [1.29, 1.82) is 0 Å². The fraction of sp³-hybridized carbons (Fsp3) is 0.632. The smallest absolute Gasteiger partial charge is 0.416 e. The molecule has 0 aromatic heterocycles. The van der Waals surface area contributed by atoms with Gasteiger partial charge in [0.1, 0.15) is 6.61 Å². The molecule has 2 rings (SSSR count). The van der Waals surface area contributed by atoms with Crippen LogP contribution in [0.25, 0.3) is 0 Å². The van der Waals surface area contributed by atoms with E-state index in [2.05, 4.69) is 11.8 Å². The molecule has 1 aromatic carbocycles. The molecule has 0 spiro atoms. The van der Waals surface area contributed by atoms with Gasteiger partial charge in [-0.3, -0.25) is 4.90 Å². The number of halogens is 3. The summed E-state index contributed by atoms with van der Waals surface area (Å²) >= 11 is 0. The van der Waals surface area contributed by atoms with E-state index in [9.17, 15) is 18.0 Å². The lowest BCUT2D eigenvalue weighted by molar-refractivity contribution is -0.138. The number of benzene rings is 1. The van der Waals surface area contributed by atoms with Crippen molar-refractivity contribution in [3.8, 4) is 0 Å². The Balaban J connectivity index is 1.76. The van der Waals surface area contributed by atoms with Crippen LogP contribution in [0.1, 0.15) is 43.7 Å². The lowest BCUT2D eigenvalue weighted by atomic mass is 10.1. The van der Waals surface area contributed by atoms with E-state index >= 15 is 0 Å². The molecule has 4 nitrogen and oxygen atoms in total. The summed E-state index contributed by atoms with van der Waals surface area (Å²) in [5.41, 5.74) is -0.785. The van der Waals surface area contributed by atoms with Crippen molar-refractivity contribution in [1.82, 2.24) is 9.80 Å². The molecule has 1 aliphatic heterocycles. The van der Waals surface area contributed by atoms with E-state index in [4.69, 9.17) is 4.74 Å². The van der Waals surface area contributed by atoms with Gasteiger partial charge in [0.2, 0.25) is 0 Å². The minimum absolute atomic E-state index is 0.0251. The number of amides is 1. The average Bonchev–Trinajstić information content (AvgIpc) is 2.63. The fourth-order valence-electron chi connectivity index (χ4n) is 3.07. The maximum absolute atomic E-state index is 13.0. The predicted molar refractivity (Wildman–Crippen MR) is 93.8 cm³/mol. The molecule has 1 aliphatic rings. The molecule has 0 unspecified atom stereocenters. The number of hydrogen-bond acceptors (Lipinski definition) is 3. The molecule has 0 saturated carbocycles. The Morgan fingerprint density at radius 2 is 1.77 bits per heavy atom. The number of carbonyl (C=O) groups excluding carboxylic acids is 1. The highest BCUT2D eigenvalue weighted by atomic mass is 19.4. The first kappa shape index (κ1) is 20.6. The number of unbranched alkanes of at least 4 members (excludes halogenated alkanes) is 3. The summed E-state index contributed by atoms with van der Waals surface area (Å²) in [5.74, 6) is 0. The van der Waals surface area contributed by atoms with Crippen LogP contribution in [0.3, 0.4) is 0 Å². The first-order valence-corrected chi connectivity index (χ1v) is 9.21. The van der Waals surface area contributed by atoms with Crippen LogP contribution < -0.4 is 0 Å². The third-order valence-electron chi connectivity index (χ3n) is 4.63. The van der Waals surface area contributed by atoms with Crippen LogP contribution in [0.5, 0.6) is 0 Å². The number of alkyl halides is 3. The van der Waals surface area contributed by atoms with Gasteiger partial charge in [-0.05, 0) is 19.0 Å². The van der Waals surface area contributed by atoms with Crippen LogP contribution in [-0.2, 0) is 17.5 Å². The lowest BCUT2D eigenvalue weighted by Crippen LogP contribution is -2.49. The molecule has 0 radical (unpaired) electrons. The van der Waals surface area contributed by atoms with Crippen LogP contribution in [-0.4, -0.2) is 48.6 Å². The van der Waals surface area contributed by atoms with Crippen molar-refractivity contribution in [3.05, 3.63) is 35.4 Å². The topological polar surface area (TPSA) is 32.8 Å². The van der Waals surface area contributed by atoms with Crippen LogP contribution in [0.2, 0.25) is 0 Å². The molecule has 0 atom stereocenters. The molecular weight excluding hydrogens is 345 g/mol. The summed E-state index contributed by atoms with van der Waals surface area (Å²) in [6.45, 7) is 5.49. The van der Waals surface area contributed by atoms with Gasteiger partial charge < -0.3 is 9.64 Å². The van der Waals surface area contributed by atoms with Crippen molar-refractivity contribution in [2.45, 2.75) is 45.4 Å². The number of piperazine rings is 1. The number of carbonyl (C=O) groups is 1. The van der Waals surface area contributed by atoms with Gasteiger partial charge in [0.25, 0.3) is 0 Å². The van der Waals surface area contributed by atoms with Crippen molar-refractivity contribution in [2.24, 2.45) is 0 Å². The van der Waals surface area contributed by atoms with E-state index in [1.54, 1.807) is 4.90 Å². The number of ether oxygens (including phenoxy) is 1. The highest BCUT2D eigenvalue weighted by Gasteiger charge is 2.33. The largest absolute Gasteiger partial charge is 0.445 e. The molecule has 146 valence electrons. The molecule has 1 saturated heterocycles. The zero-order chi connectivity index (χ0) is 19.0. The van der Waals surface area contributed by atoms with Crippen LogP contribution >= 0.6 is 0 Å². The summed E-state index contributed by atoms with van der Waals surface area (Å²) < 4.78 is 44.0. The number of hydrogen-bond donors (Lipinski definition) is 0. The number of rotatable bonds is 7. The van der Waals surface area contributed by atoms with E-state index in [1.807, 2.05) is 0 Å². The third-order valence-corrected chi connectivity index (χ3v) is 4.63. The second-order valence-corrected chi connectivity index (χ2v) is 6.60. The molecule has 1 fully saturated rings. The Morgan fingerprint density at radius 3 is 2.42 bits per heavy atom. The molecule has 0 N–H and O–H groups in total. The van der Waals surface area contributed by atoms with Crippen molar-refractivity contribution in [2.75, 3.05) is 32.7 Å². The highest BCUT2D eigenvalue weighted by molar-refractivity contribution is 5.67. The Labute approximate surface area is 152 Å². The lowest BCUT2D eigenvalue weighted by Gasteiger charge is -2.34. The maximum Gasteiger partial charge on any atom is 0.416 e. The van der Waals surface area contributed by atoms with Crippen LogP contribution in [0.4, 0.5) is 18.0 Å². The summed E-state index contributed by atoms with van der Waals surface area (Å²) in [7, 11) is 0. The van der Waals surface area contributed by atoms with Gasteiger partial charge in [0.05, 0.1) is 5.56 Å². The summed E-state index contributed by atoms with van der Waals surface area (Å²) in [6, 6.07) is 5.18. The van der Waals surface area contributed by atoms with Gasteiger partial charge in [-0.25, -0.2) is 4.79 Å². The van der Waals surface area contributed by atoms with Gasteiger partial charge in [-0.1, -0.05) is 44.4 Å².